The van der Waals surface area contributed by atoms with Crippen molar-refractivity contribution in [1.29, 1.82) is 0 Å². The Kier molecular flexibility index (Phi) is 5.51. The molecule has 2 heterocycles. The molecule has 0 spiro atoms. The summed E-state index contributed by atoms with van der Waals surface area (Å²) >= 11 is 0. The highest BCUT2D eigenvalue weighted by atomic mass is 19.4. The van der Waals surface area contributed by atoms with Crippen LogP contribution in [0.25, 0.3) is 0 Å². The Morgan fingerprint density at radius 2 is 2.08 bits per heavy atom. The molecule has 1 aromatic heterocycles. The number of carbonyl (C=O) groups excluding carboxylic acids is 2. The maximum atomic E-state index is 13.3. The van der Waals surface area contributed by atoms with Gasteiger partial charge in [0.2, 0.25) is 5.91 Å². The van der Waals surface area contributed by atoms with E-state index in [0.29, 0.717) is 6.54 Å². The van der Waals surface area contributed by atoms with Crippen LogP contribution in [0.2, 0.25) is 0 Å². The standard InChI is InChI=1S/C15H21F3N4O2/c1-3-6-21-8-11(7-19-21)14(24)22-9-12(20-10(2)23)4-5-13(22)15(16,17)18/h7-8,12-13H,3-6,9H2,1-2H3,(H,20,23)/t12-,13-/m0/s1. The summed E-state index contributed by atoms with van der Waals surface area (Å²) in [5.41, 5.74) is 0.126. The van der Waals surface area contributed by atoms with Crippen LogP contribution < -0.4 is 5.32 Å². The van der Waals surface area contributed by atoms with E-state index in [-0.39, 0.29) is 30.9 Å². The highest BCUT2D eigenvalue weighted by Gasteiger charge is 2.48. The molecule has 0 radical (unpaired) electrons. The molecule has 0 unspecified atom stereocenters. The van der Waals surface area contributed by atoms with E-state index in [2.05, 4.69) is 10.4 Å². The molecule has 6 nitrogen and oxygen atoms in total. The number of likely N-dealkylation sites (tertiary alicyclic amines) is 1. The summed E-state index contributed by atoms with van der Waals surface area (Å²) in [5, 5.41) is 6.59. The van der Waals surface area contributed by atoms with Crippen LogP contribution in [0.1, 0.15) is 43.5 Å². The molecule has 0 bridgehead atoms. The maximum Gasteiger partial charge on any atom is 0.408 e. The van der Waals surface area contributed by atoms with Crippen molar-refractivity contribution in [2.24, 2.45) is 0 Å². The van der Waals surface area contributed by atoms with Gasteiger partial charge in [0.25, 0.3) is 5.91 Å². The SMILES string of the molecule is CCCn1cc(C(=O)N2C[C@@H](NC(C)=O)CC[C@H]2C(F)(F)F)cn1. The number of aromatic nitrogens is 2. The van der Waals surface area contributed by atoms with Gasteiger partial charge in [-0.3, -0.25) is 14.3 Å². The quantitative estimate of drug-likeness (QED) is 0.906. The van der Waals surface area contributed by atoms with Crippen molar-refractivity contribution in [2.75, 3.05) is 6.54 Å². The molecule has 1 aromatic rings. The number of piperidine rings is 1. The van der Waals surface area contributed by atoms with Crippen molar-refractivity contribution in [3.63, 3.8) is 0 Å². The summed E-state index contributed by atoms with van der Waals surface area (Å²) < 4.78 is 41.4. The molecule has 1 saturated heterocycles. The molecule has 1 aliphatic rings. The third kappa shape index (κ3) is 4.27. The fourth-order valence-corrected chi connectivity index (χ4v) is 2.93. The van der Waals surface area contributed by atoms with E-state index in [1.54, 1.807) is 0 Å². The summed E-state index contributed by atoms with van der Waals surface area (Å²) in [4.78, 5) is 24.5. The summed E-state index contributed by atoms with van der Waals surface area (Å²) in [7, 11) is 0. The second-order valence-electron chi connectivity index (χ2n) is 5.98. The van der Waals surface area contributed by atoms with Crippen LogP contribution >= 0.6 is 0 Å². The summed E-state index contributed by atoms with van der Waals surface area (Å²) in [6.07, 6.45) is -1.01. The van der Waals surface area contributed by atoms with Crippen LogP contribution in [-0.4, -0.2) is 51.3 Å². The van der Waals surface area contributed by atoms with Crippen LogP contribution in [0, 0.1) is 0 Å². The maximum absolute atomic E-state index is 13.3. The Balaban J connectivity index is 2.21. The van der Waals surface area contributed by atoms with Crippen LogP contribution in [0.4, 0.5) is 13.2 Å². The molecule has 1 fully saturated rings. The number of aryl methyl sites for hydroxylation is 1. The van der Waals surface area contributed by atoms with Crippen LogP contribution in [-0.2, 0) is 11.3 Å². The zero-order valence-electron chi connectivity index (χ0n) is 13.6. The van der Waals surface area contributed by atoms with Gasteiger partial charge in [-0.2, -0.15) is 18.3 Å². The Labute approximate surface area is 138 Å². The van der Waals surface area contributed by atoms with E-state index in [9.17, 15) is 22.8 Å². The van der Waals surface area contributed by atoms with Gasteiger partial charge in [0, 0.05) is 32.3 Å². The molecule has 134 valence electrons. The fourth-order valence-electron chi connectivity index (χ4n) is 2.93. The van der Waals surface area contributed by atoms with Crippen LogP contribution in [0.5, 0.6) is 0 Å². The lowest BCUT2D eigenvalue weighted by Gasteiger charge is -2.40. The van der Waals surface area contributed by atoms with Crippen molar-refractivity contribution in [3.05, 3.63) is 18.0 Å². The number of halogens is 3. The smallest absolute Gasteiger partial charge is 0.352 e. The lowest BCUT2D eigenvalue weighted by Crippen LogP contribution is -2.58. The summed E-state index contributed by atoms with van der Waals surface area (Å²) in [6.45, 7) is 3.66. The average molecular weight is 346 g/mol. The minimum atomic E-state index is -4.50. The number of amides is 2. The Morgan fingerprint density at radius 3 is 2.67 bits per heavy atom. The number of nitrogens with one attached hydrogen (secondary N) is 1. The lowest BCUT2D eigenvalue weighted by atomic mass is 9.97. The van der Waals surface area contributed by atoms with Gasteiger partial charge in [-0.25, -0.2) is 0 Å². The summed E-state index contributed by atoms with van der Waals surface area (Å²) in [6, 6.07) is -2.32. The van der Waals surface area contributed by atoms with Gasteiger partial charge in [0.1, 0.15) is 6.04 Å². The highest BCUT2D eigenvalue weighted by Crippen LogP contribution is 2.33. The van der Waals surface area contributed by atoms with Crippen molar-refractivity contribution in [3.8, 4) is 0 Å². The van der Waals surface area contributed by atoms with Gasteiger partial charge < -0.3 is 10.2 Å². The minimum absolute atomic E-state index is 0.126. The van der Waals surface area contributed by atoms with Gasteiger partial charge in [-0.15, -0.1) is 0 Å². The molecular formula is C15H21F3N4O2. The Bertz CT molecular complexity index is 600. The molecule has 2 amide bonds. The number of hydrogen-bond acceptors (Lipinski definition) is 3. The predicted octanol–water partition coefficient (Wildman–Crippen LogP) is 1.96. The van der Waals surface area contributed by atoms with Crippen molar-refractivity contribution >= 4 is 11.8 Å². The number of rotatable bonds is 4. The van der Waals surface area contributed by atoms with Crippen molar-refractivity contribution in [2.45, 2.75) is 57.9 Å². The van der Waals surface area contributed by atoms with Crippen LogP contribution in [0.15, 0.2) is 12.4 Å². The minimum Gasteiger partial charge on any atom is -0.352 e. The predicted molar refractivity (Wildman–Crippen MR) is 80.2 cm³/mol. The topological polar surface area (TPSA) is 67.2 Å². The van der Waals surface area contributed by atoms with Crippen molar-refractivity contribution in [1.82, 2.24) is 20.0 Å². The number of alkyl halides is 3. The third-order valence-corrected chi connectivity index (χ3v) is 3.96. The van der Waals surface area contributed by atoms with Crippen molar-refractivity contribution < 1.29 is 22.8 Å². The first-order chi connectivity index (χ1) is 11.2. The monoisotopic (exact) mass is 346 g/mol. The van der Waals surface area contributed by atoms with E-state index in [4.69, 9.17) is 0 Å². The molecule has 0 aromatic carbocycles. The lowest BCUT2D eigenvalue weighted by molar-refractivity contribution is -0.184. The van der Waals surface area contributed by atoms with E-state index in [0.717, 1.165) is 11.3 Å². The zero-order chi connectivity index (χ0) is 17.9. The average Bonchev–Trinajstić information content (AvgIpc) is 2.93. The first-order valence-corrected chi connectivity index (χ1v) is 7.89. The molecule has 0 saturated carbocycles. The normalized spacial score (nSPS) is 21.6. The molecule has 1 N–H and O–H groups in total. The van der Waals surface area contributed by atoms with Gasteiger partial charge >= 0.3 is 6.18 Å². The molecule has 9 heteroatoms. The Hall–Kier alpha value is -2.06. The fraction of sp³-hybridized carbons (Fsp3) is 0.667. The molecule has 1 aliphatic heterocycles. The zero-order valence-corrected chi connectivity index (χ0v) is 13.6. The summed E-state index contributed by atoms with van der Waals surface area (Å²) in [5.74, 6) is -1.04. The van der Waals surface area contributed by atoms with Crippen LogP contribution in [0.3, 0.4) is 0 Å². The largest absolute Gasteiger partial charge is 0.408 e. The first kappa shape index (κ1) is 18.3. The number of carbonyl (C=O) groups is 2. The van der Waals surface area contributed by atoms with Gasteiger partial charge in [0.15, 0.2) is 0 Å². The van der Waals surface area contributed by atoms with Gasteiger partial charge in [-0.05, 0) is 19.3 Å². The number of nitrogens with zero attached hydrogens (tertiary/aromatic N) is 3. The molecule has 2 atom stereocenters. The molecule has 2 rings (SSSR count). The van der Waals surface area contributed by atoms with E-state index >= 15 is 0 Å². The third-order valence-electron chi connectivity index (χ3n) is 3.96. The first-order valence-electron chi connectivity index (χ1n) is 7.89. The van der Waals surface area contributed by atoms with Gasteiger partial charge in [-0.1, -0.05) is 6.92 Å². The van der Waals surface area contributed by atoms with Gasteiger partial charge in [0.05, 0.1) is 11.8 Å². The molecular weight excluding hydrogens is 325 g/mol. The molecule has 24 heavy (non-hydrogen) atoms. The highest BCUT2D eigenvalue weighted by molar-refractivity contribution is 5.94. The second kappa shape index (κ2) is 7.23. The van der Waals surface area contributed by atoms with E-state index in [1.165, 1.54) is 24.0 Å². The van der Waals surface area contributed by atoms with E-state index in [1.807, 2.05) is 6.92 Å². The molecule has 0 aliphatic carbocycles. The Morgan fingerprint density at radius 1 is 1.38 bits per heavy atom. The number of hydrogen-bond donors (Lipinski definition) is 1. The van der Waals surface area contributed by atoms with E-state index < -0.39 is 24.2 Å². The second-order valence-corrected chi connectivity index (χ2v) is 5.98.